The summed E-state index contributed by atoms with van der Waals surface area (Å²) in [6.45, 7) is -1.09. The van der Waals surface area contributed by atoms with Crippen molar-refractivity contribution in [3.63, 3.8) is 0 Å². The van der Waals surface area contributed by atoms with Gasteiger partial charge in [0.2, 0.25) is 5.91 Å². The number of nitrogens with one attached hydrogen (secondary N) is 2. The van der Waals surface area contributed by atoms with Gasteiger partial charge < -0.3 is 20.3 Å². The fourth-order valence-corrected chi connectivity index (χ4v) is 3.31. The highest BCUT2D eigenvalue weighted by Gasteiger charge is 2.23. The molecule has 1 aromatic carbocycles. The topological polar surface area (TPSA) is 66.0 Å². The molecule has 2 N–H and O–H groups in total. The number of rotatable bonds is 6. The predicted molar refractivity (Wildman–Crippen MR) is 117 cm³/mol. The van der Waals surface area contributed by atoms with E-state index in [0.717, 1.165) is 25.9 Å². The van der Waals surface area contributed by atoms with Crippen LogP contribution >= 0.6 is 35.6 Å². The number of piperidine rings is 1. The number of carbonyl (C=O) groups is 1. The molecular formula is C18H26ClF2IN4O2. The van der Waals surface area contributed by atoms with Crippen LogP contribution in [0.5, 0.6) is 5.75 Å². The number of hydrogen-bond donors (Lipinski definition) is 2. The molecule has 158 valence electrons. The van der Waals surface area contributed by atoms with Gasteiger partial charge in [0.15, 0.2) is 5.96 Å². The minimum Gasteiger partial charge on any atom is -0.434 e. The first kappa shape index (κ1) is 24.7. The van der Waals surface area contributed by atoms with Crippen molar-refractivity contribution >= 4 is 47.4 Å². The normalized spacial score (nSPS) is 15.2. The highest BCUT2D eigenvalue weighted by Crippen LogP contribution is 2.25. The van der Waals surface area contributed by atoms with Crippen LogP contribution < -0.4 is 15.4 Å². The highest BCUT2D eigenvalue weighted by atomic mass is 127. The lowest BCUT2D eigenvalue weighted by atomic mass is 9.93. The third kappa shape index (κ3) is 7.57. The number of carbonyl (C=O) groups excluding carboxylic acids is 1. The van der Waals surface area contributed by atoms with Crippen molar-refractivity contribution in [3.8, 4) is 5.75 Å². The van der Waals surface area contributed by atoms with Gasteiger partial charge in [0.25, 0.3) is 0 Å². The first-order valence-corrected chi connectivity index (χ1v) is 9.20. The Labute approximate surface area is 186 Å². The van der Waals surface area contributed by atoms with Crippen molar-refractivity contribution in [2.45, 2.75) is 32.4 Å². The lowest BCUT2D eigenvalue weighted by Crippen LogP contribution is -2.45. The van der Waals surface area contributed by atoms with E-state index in [1.54, 1.807) is 20.2 Å². The van der Waals surface area contributed by atoms with E-state index in [-0.39, 0.29) is 42.2 Å². The molecule has 0 spiro atoms. The second kappa shape index (κ2) is 12.3. The molecule has 0 aliphatic carbocycles. The van der Waals surface area contributed by atoms with Gasteiger partial charge in [-0.3, -0.25) is 9.79 Å². The van der Waals surface area contributed by atoms with Crippen LogP contribution in [-0.2, 0) is 11.3 Å². The average molecular weight is 531 g/mol. The van der Waals surface area contributed by atoms with E-state index in [1.807, 2.05) is 0 Å². The van der Waals surface area contributed by atoms with Crippen molar-refractivity contribution in [3.05, 3.63) is 28.8 Å². The number of hydrogen-bond acceptors (Lipinski definition) is 3. The van der Waals surface area contributed by atoms with E-state index in [9.17, 15) is 13.6 Å². The van der Waals surface area contributed by atoms with Gasteiger partial charge in [0, 0.05) is 50.7 Å². The maximum atomic E-state index is 12.6. The minimum atomic E-state index is -2.90. The standard InChI is InChI=1S/C18H25ClF2N4O2.HI/c1-22-16(26)9-12-5-7-25(8-6-12)18(23-2)24-11-13-10-14(19)3-4-15(13)27-17(20)21;/h3-4,10,12,17H,5-9,11H2,1-2H3,(H,22,26)(H,23,24);1H. The number of halogens is 4. The summed E-state index contributed by atoms with van der Waals surface area (Å²) in [5, 5.41) is 6.27. The SMILES string of the molecule is CN=C(NCc1cc(Cl)ccc1OC(F)F)N1CCC(CC(=O)NC)CC1.I. The first-order valence-electron chi connectivity index (χ1n) is 8.82. The molecule has 0 radical (unpaired) electrons. The molecule has 0 atom stereocenters. The van der Waals surface area contributed by atoms with Crippen molar-refractivity contribution in [1.29, 1.82) is 0 Å². The van der Waals surface area contributed by atoms with E-state index in [2.05, 4.69) is 25.3 Å². The van der Waals surface area contributed by atoms with Gasteiger partial charge in [-0.2, -0.15) is 8.78 Å². The van der Waals surface area contributed by atoms with Crippen molar-refractivity contribution in [2.24, 2.45) is 10.9 Å². The van der Waals surface area contributed by atoms with Crippen LogP contribution in [-0.4, -0.2) is 50.6 Å². The van der Waals surface area contributed by atoms with Gasteiger partial charge in [-0.05, 0) is 37.0 Å². The summed E-state index contributed by atoms with van der Waals surface area (Å²) < 4.78 is 29.7. The lowest BCUT2D eigenvalue weighted by Gasteiger charge is -2.34. The van der Waals surface area contributed by atoms with Gasteiger partial charge in [-0.15, -0.1) is 24.0 Å². The Morgan fingerprint density at radius 3 is 2.64 bits per heavy atom. The molecule has 1 aliphatic rings. The number of benzene rings is 1. The minimum absolute atomic E-state index is 0. The summed E-state index contributed by atoms with van der Waals surface area (Å²) in [6, 6.07) is 4.53. The van der Waals surface area contributed by atoms with E-state index >= 15 is 0 Å². The number of amides is 1. The lowest BCUT2D eigenvalue weighted by molar-refractivity contribution is -0.121. The number of ether oxygens (including phenoxy) is 1. The van der Waals surface area contributed by atoms with Crippen molar-refractivity contribution in [2.75, 3.05) is 27.2 Å². The van der Waals surface area contributed by atoms with Crippen LogP contribution in [0.1, 0.15) is 24.8 Å². The molecule has 0 bridgehead atoms. The fraction of sp³-hybridized carbons (Fsp3) is 0.556. The summed E-state index contributed by atoms with van der Waals surface area (Å²) in [4.78, 5) is 17.9. The second-order valence-electron chi connectivity index (χ2n) is 6.34. The molecule has 2 rings (SSSR count). The van der Waals surface area contributed by atoms with Gasteiger partial charge in [0.05, 0.1) is 0 Å². The average Bonchev–Trinajstić information content (AvgIpc) is 2.65. The third-order valence-electron chi connectivity index (χ3n) is 4.55. The molecule has 1 aliphatic heterocycles. The number of aliphatic imine (C=N–C) groups is 1. The van der Waals surface area contributed by atoms with Gasteiger partial charge in [-0.1, -0.05) is 11.6 Å². The zero-order chi connectivity index (χ0) is 19.8. The molecule has 0 saturated carbocycles. The maximum absolute atomic E-state index is 12.6. The molecule has 6 nitrogen and oxygen atoms in total. The smallest absolute Gasteiger partial charge is 0.387 e. The van der Waals surface area contributed by atoms with E-state index in [1.165, 1.54) is 12.1 Å². The molecule has 1 aromatic rings. The monoisotopic (exact) mass is 530 g/mol. The first-order chi connectivity index (χ1) is 12.9. The van der Waals surface area contributed by atoms with E-state index < -0.39 is 6.61 Å². The summed E-state index contributed by atoms with van der Waals surface area (Å²) >= 11 is 5.98. The molecule has 10 heteroatoms. The Hall–Kier alpha value is -1.36. The molecule has 28 heavy (non-hydrogen) atoms. The number of guanidine groups is 1. The third-order valence-corrected chi connectivity index (χ3v) is 4.79. The maximum Gasteiger partial charge on any atom is 0.387 e. The van der Waals surface area contributed by atoms with E-state index in [4.69, 9.17) is 11.6 Å². The van der Waals surface area contributed by atoms with Crippen LogP contribution in [0.3, 0.4) is 0 Å². The number of nitrogens with zero attached hydrogens (tertiary/aromatic N) is 2. The zero-order valence-electron chi connectivity index (χ0n) is 15.9. The Balaban J connectivity index is 0.00000392. The Kier molecular flexibility index (Phi) is 10.8. The summed E-state index contributed by atoms with van der Waals surface area (Å²) in [6.07, 6.45) is 2.32. The molecule has 1 heterocycles. The molecule has 0 aromatic heterocycles. The Bertz CT molecular complexity index is 671. The molecule has 1 saturated heterocycles. The second-order valence-corrected chi connectivity index (χ2v) is 6.78. The molecule has 1 amide bonds. The number of alkyl halides is 2. The van der Waals surface area contributed by atoms with Crippen molar-refractivity contribution in [1.82, 2.24) is 15.5 Å². The van der Waals surface area contributed by atoms with E-state index in [0.29, 0.717) is 28.9 Å². The largest absolute Gasteiger partial charge is 0.434 e. The number of likely N-dealkylation sites (tertiary alicyclic amines) is 1. The van der Waals surface area contributed by atoms with Crippen LogP contribution in [0.15, 0.2) is 23.2 Å². The van der Waals surface area contributed by atoms with Gasteiger partial charge >= 0.3 is 6.61 Å². The van der Waals surface area contributed by atoms with Crippen molar-refractivity contribution < 1.29 is 18.3 Å². The summed E-state index contributed by atoms with van der Waals surface area (Å²) in [5.74, 6) is 1.18. The van der Waals surface area contributed by atoms with Crippen LogP contribution in [0, 0.1) is 5.92 Å². The Morgan fingerprint density at radius 2 is 2.07 bits per heavy atom. The Morgan fingerprint density at radius 1 is 1.39 bits per heavy atom. The van der Waals surface area contributed by atoms with Gasteiger partial charge in [0.1, 0.15) is 5.75 Å². The van der Waals surface area contributed by atoms with Crippen LogP contribution in [0.4, 0.5) is 8.78 Å². The van der Waals surface area contributed by atoms with Gasteiger partial charge in [-0.25, -0.2) is 0 Å². The predicted octanol–water partition coefficient (Wildman–Crippen LogP) is 3.48. The molecule has 1 fully saturated rings. The molecular weight excluding hydrogens is 505 g/mol. The zero-order valence-corrected chi connectivity index (χ0v) is 19.0. The highest BCUT2D eigenvalue weighted by molar-refractivity contribution is 14.0. The quantitative estimate of drug-likeness (QED) is 0.336. The summed E-state index contributed by atoms with van der Waals surface area (Å²) in [5.41, 5.74) is 0.526. The van der Waals surface area contributed by atoms with Crippen LogP contribution in [0.2, 0.25) is 5.02 Å². The molecule has 0 unspecified atom stereocenters. The summed E-state index contributed by atoms with van der Waals surface area (Å²) in [7, 11) is 3.32. The van der Waals surface area contributed by atoms with Crippen LogP contribution in [0.25, 0.3) is 0 Å². The fourth-order valence-electron chi connectivity index (χ4n) is 3.12.